The van der Waals surface area contributed by atoms with Gasteiger partial charge < -0.3 is 9.29 Å². The van der Waals surface area contributed by atoms with Crippen LogP contribution in [0.1, 0.15) is 44.4 Å². The van der Waals surface area contributed by atoms with Crippen LogP contribution in [-0.2, 0) is 17.8 Å². The molecule has 0 unspecified atom stereocenters. The first-order chi connectivity index (χ1) is 8.41. The van der Waals surface area contributed by atoms with Crippen LogP contribution in [0.3, 0.4) is 0 Å². The van der Waals surface area contributed by atoms with Crippen LogP contribution in [0.25, 0.3) is 0 Å². The minimum atomic E-state index is -1.03. The van der Waals surface area contributed by atoms with Crippen molar-refractivity contribution in [2.24, 2.45) is 0 Å². The second-order valence-corrected chi connectivity index (χ2v) is 7.65. The van der Waals surface area contributed by atoms with Crippen molar-refractivity contribution in [2.45, 2.75) is 44.4 Å². The Labute approximate surface area is 112 Å². The Morgan fingerprint density at radius 2 is 2.11 bits per heavy atom. The minimum absolute atomic E-state index is 0.176. The zero-order valence-electron chi connectivity index (χ0n) is 11.4. The Kier molecular flexibility index (Phi) is 3.90. The van der Waals surface area contributed by atoms with E-state index in [1.807, 2.05) is 26.8 Å². The van der Waals surface area contributed by atoms with Crippen molar-refractivity contribution >= 4 is 11.4 Å². The molecule has 0 saturated heterocycles. The van der Waals surface area contributed by atoms with Crippen LogP contribution >= 0.6 is 0 Å². The van der Waals surface area contributed by atoms with E-state index in [1.165, 1.54) is 11.1 Å². The molecule has 2 atom stereocenters. The van der Waals surface area contributed by atoms with Crippen LogP contribution in [0.15, 0.2) is 18.2 Å². The summed E-state index contributed by atoms with van der Waals surface area (Å²) in [6.07, 6.45) is 2.04. The Morgan fingerprint density at radius 3 is 2.72 bits per heavy atom. The topological polar surface area (TPSA) is 44.3 Å². The molecule has 18 heavy (non-hydrogen) atoms. The van der Waals surface area contributed by atoms with Crippen LogP contribution < -0.4 is 9.46 Å². The molecule has 0 fully saturated rings. The van der Waals surface area contributed by atoms with Gasteiger partial charge in [0.05, 0.1) is 13.2 Å². The van der Waals surface area contributed by atoms with Crippen molar-refractivity contribution in [3.8, 4) is 5.75 Å². The molecule has 3 nitrogen and oxygen atoms in total. The highest BCUT2D eigenvalue weighted by Crippen LogP contribution is 2.35. The predicted octanol–water partition coefficient (Wildman–Crippen LogP) is 2.73. The lowest BCUT2D eigenvalue weighted by Crippen LogP contribution is -2.40. The van der Waals surface area contributed by atoms with Crippen LogP contribution in [0.4, 0.5) is 0 Å². The Bertz CT molecular complexity index is 428. The number of ether oxygens (including phenoxy) is 1. The lowest BCUT2D eigenvalue weighted by Gasteiger charge is -2.26. The summed E-state index contributed by atoms with van der Waals surface area (Å²) in [5, 5.41) is 0. The minimum Gasteiger partial charge on any atom is -0.598 e. The summed E-state index contributed by atoms with van der Waals surface area (Å²) in [6.45, 7) is 5.95. The second kappa shape index (κ2) is 5.11. The van der Waals surface area contributed by atoms with Crippen molar-refractivity contribution in [1.29, 1.82) is 0 Å². The van der Waals surface area contributed by atoms with Crippen LogP contribution in [-0.4, -0.2) is 16.4 Å². The van der Waals surface area contributed by atoms with Gasteiger partial charge in [0, 0.05) is 11.4 Å². The van der Waals surface area contributed by atoms with E-state index >= 15 is 0 Å². The zero-order valence-corrected chi connectivity index (χ0v) is 12.3. The number of hydrogen-bond donors (Lipinski definition) is 1. The first kappa shape index (κ1) is 13.7. The molecule has 100 valence electrons. The van der Waals surface area contributed by atoms with Gasteiger partial charge in [-0.05, 0) is 56.9 Å². The quantitative estimate of drug-likeness (QED) is 0.856. The molecule has 1 aromatic rings. The summed E-state index contributed by atoms with van der Waals surface area (Å²) in [6, 6.07) is 6.33. The molecule has 0 amide bonds. The summed E-state index contributed by atoms with van der Waals surface area (Å²) >= 11 is -1.03. The third-order valence-electron chi connectivity index (χ3n) is 3.24. The molecule has 0 heterocycles. The first-order valence-electron chi connectivity index (χ1n) is 6.26. The number of aryl methyl sites for hydroxylation is 1. The second-order valence-electron chi connectivity index (χ2n) is 5.65. The van der Waals surface area contributed by atoms with E-state index in [9.17, 15) is 4.55 Å². The summed E-state index contributed by atoms with van der Waals surface area (Å²) in [4.78, 5) is 0. The molecule has 0 saturated carbocycles. The highest BCUT2D eigenvalue weighted by Gasteiger charge is 2.32. The maximum atomic E-state index is 12.2. The molecule has 2 rings (SSSR count). The van der Waals surface area contributed by atoms with Crippen LogP contribution in [0.5, 0.6) is 5.75 Å². The Hall–Kier alpha value is -0.710. The smallest absolute Gasteiger partial charge is 0.136 e. The number of hydrogen-bond acceptors (Lipinski definition) is 3. The molecule has 0 bridgehead atoms. The largest absolute Gasteiger partial charge is 0.598 e. The predicted molar refractivity (Wildman–Crippen MR) is 75.1 cm³/mol. The maximum Gasteiger partial charge on any atom is 0.136 e. The monoisotopic (exact) mass is 267 g/mol. The standard InChI is InChI=1S/C14H21NO2S/c1-14(2,3)18(16)15-13-8-6-10-5-7-11(17-4)9-12(10)13/h5,7,9,13,15H,6,8H2,1-4H3/t13-,18-/m0/s1. The van der Waals surface area contributed by atoms with Gasteiger partial charge in [-0.3, -0.25) is 0 Å². The first-order valence-corrected chi connectivity index (χ1v) is 7.41. The van der Waals surface area contributed by atoms with E-state index in [1.54, 1.807) is 7.11 Å². The zero-order chi connectivity index (χ0) is 13.3. The van der Waals surface area contributed by atoms with E-state index in [4.69, 9.17) is 4.74 Å². The lowest BCUT2D eigenvalue weighted by molar-refractivity contribution is 0.413. The highest BCUT2D eigenvalue weighted by atomic mass is 32.2. The Morgan fingerprint density at radius 1 is 1.39 bits per heavy atom. The van der Waals surface area contributed by atoms with Gasteiger partial charge in [-0.25, -0.2) is 0 Å². The van der Waals surface area contributed by atoms with Gasteiger partial charge in [0.2, 0.25) is 0 Å². The average Bonchev–Trinajstić information content (AvgIpc) is 2.70. The van der Waals surface area contributed by atoms with E-state index in [2.05, 4.69) is 16.9 Å². The number of methoxy groups -OCH3 is 1. The van der Waals surface area contributed by atoms with E-state index in [-0.39, 0.29) is 10.8 Å². The molecule has 1 N–H and O–H groups in total. The van der Waals surface area contributed by atoms with E-state index in [0.717, 1.165) is 18.6 Å². The number of benzene rings is 1. The van der Waals surface area contributed by atoms with Crippen molar-refractivity contribution < 1.29 is 9.29 Å². The summed E-state index contributed by atoms with van der Waals surface area (Å²) in [7, 11) is 1.67. The third-order valence-corrected chi connectivity index (χ3v) is 4.85. The molecule has 1 aliphatic rings. The maximum absolute atomic E-state index is 12.2. The molecule has 1 aliphatic carbocycles. The molecule has 4 heteroatoms. The number of fused-ring (bicyclic) bond motifs is 1. The van der Waals surface area contributed by atoms with E-state index < -0.39 is 11.4 Å². The van der Waals surface area contributed by atoms with Crippen molar-refractivity contribution in [3.63, 3.8) is 0 Å². The Balaban J connectivity index is 2.16. The van der Waals surface area contributed by atoms with Gasteiger partial charge >= 0.3 is 0 Å². The van der Waals surface area contributed by atoms with Gasteiger partial charge in [0.15, 0.2) is 0 Å². The van der Waals surface area contributed by atoms with Crippen molar-refractivity contribution in [3.05, 3.63) is 29.3 Å². The normalized spacial score (nSPS) is 20.6. The molecule has 1 aromatic carbocycles. The van der Waals surface area contributed by atoms with Crippen LogP contribution in [0, 0.1) is 0 Å². The molecular formula is C14H21NO2S. The summed E-state index contributed by atoms with van der Waals surface area (Å²) in [5.74, 6) is 0.865. The fourth-order valence-electron chi connectivity index (χ4n) is 2.14. The number of nitrogens with one attached hydrogen (secondary N) is 1. The molecule has 0 aromatic heterocycles. The fourth-order valence-corrected chi connectivity index (χ4v) is 2.99. The summed E-state index contributed by atoms with van der Waals surface area (Å²) < 4.78 is 20.4. The fraction of sp³-hybridized carbons (Fsp3) is 0.571. The van der Waals surface area contributed by atoms with Gasteiger partial charge in [-0.15, -0.1) is 4.72 Å². The highest BCUT2D eigenvalue weighted by molar-refractivity contribution is 7.90. The van der Waals surface area contributed by atoms with Gasteiger partial charge in [0.1, 0.15) is 10.5 Å². The average molecular weight is 267 g/mol. The molecular weight excluding hydrogens is 246 g/mol. The third kappa shape index (κ3) is 2.82. The molecule has 0 radical (unpaired) electrons. The van der Waals surface area contributed by atoms with Crippen LogP contribution in [0.2, 0.25) is 0 Å². The SMILES string of the molecule is COc1ccc2c(c1)[C@@H](N[S@@+]([O-])C(C)(C)C)CC2. The van der Waals surface area contributed by atoms with Crippen molar-refractivity contribution in [2.75, 3.05) is 7.11 Å². The van der Waals surface area contributed by atoms with Gasteiger partial charge in [-0.2, -0.15) is 0 Å². The van der Waals surface area contributed by atoms with Gasteiger partial charge in [-0.1, -0.05) is 6.07 Å². The number of rotatable bonds is 3. The van der Waals surface area contributed by atoms with Gasteiger partial charge in [0.25, 0.3) is 0 Å². The lowest BCUT2D eigenvalue weighted by atomic mass is 10.1. The van der Waals surface area contributed by atoms with Crippen molar-refractivity contribution in [1.82, 2.24) is 4.72 Å². The summed E-state index contributed by atoms with van der Waals surface area (Å²) in [5.41, 5.74) is 2.56. The van der Waals surface area contributed by atoms with E-state index in [0.29, 0.717) is 0 Å². The molecule has 0 spiro atoms. The molecule has 0 aliphatic heterocycles.